The third kappa shape index (κ3) is 4.25. The van der Waals surface area contributed by atoms with Crippen molar-refractivity contribution in [1.29, 1.82) is 0 Å². The maximum Gasteiger partial charge on any atom is 0.303 e. The molecule has 4 bridgehead atoms. The Bertz CT molecular complexity index is 775. The van der Waals surface area contributed by atoms with Crippen molar-refractivity contribution in [3.8, 4) is 5.75 Å². The highest BCUT2D eigenvalue weighted by Crippen LogP contribution is 2.61. The molecule has 158 valence electrons. The summed E-state index contributed by atoms with van der Waals surface area (Å²) in [6.45, 7) is 3.59. The summed E-state index contributed by atoms with van der Waals surface area (Å²) in [5.41, 5.74) is -0.811. The molecule has 5 atom stereocenters. The van der Waals surface area contributed by atoms with Crippen LogP contribution in [0, 0.1) is 23.2 Å². The van der Waals surface area contributed by atoms with Crippen LogP contribution in [0.15, 0.2) is 24.3 Å². The van der Waals surface area contributed by atoms with E-state index in [0.29, 0.717) is 28.5 Å². The summed E-state index contributed by atoms with van der Waals surface area (Å²) in [5.74, 6) is 1.41. The van der Waals surface area contributed by atoms with Crippen LogP contribution >= 0.6 is 11.6 Å². The number of hydrogen-bond acceptors (Lipinski definition) is 3. The van der Waals surface area contributed by atoms with Gasteiger partial charge in [0, 0.05) is 17.5 Å². The van der Waals surface area contributed by atoms with Gasteiger partial charge >= 0.3 is 5.97 Å². The SMILES string of the molecule is CC(C)(Oc1ccc(Cl)cc1)C(=O)NC1C2CC3C[C@H]1CC(CCC(=O)O)(C3)C2. The number of carbonyl (C=O) groups is 2. The van der Waals surface area contributed by atoms with Gasteiger partial charge in [-0.3, -0.25) is 9.59 Å². The van der Waals surface area contributed by atoms with E-state index in [1.165, 1.54) is 6.42 Å². The van der Waals surface area contributed by atoms with Gasteiger partial charge in [-0.15, -0.1) is 0 Å². The van der Waals surface area contributed by atoms with Crippen LogP contribution in [0.25, 0.3) is 0 Å². The predicted molar refractivity (Wildman–Crippen MR) is 111 cm³/mol. The van der Waals surface area contributed by atoms with Crippen LogP contribution in [-0.4, -0.2) is 28.6 Å². The number of carboxylic acid groups (broad SMARTS) is 1. The third-order valence-corrected chi connectivity index (χ3v) is 7.55. The molecule has 1 aromatic carbocycles. The summed E-state index contributed by atoms with van der Waals surface area (Å²) in [6.07, 6.45) is 6.57. The third-order valence-electron chi connectivity index (χ3n) is 7.30. The molecule has 5 rings (SSSR count). The molecule has 5 nitrogen and oxygen atoms in total. The molecule has 1 aromatic rings. The molecule has 2 N–H and O–H groups in total. The first-order chi connectivity index (χ1) is 13.7. The van der Waals surface area contributed by atoms with E-state index in [1.807, 2.05) is 0 Å². The zero-order valence-electron chi connectivity index (χ0n) is 17.1. The molecule has 4 fully saturated rings. The number of hydrogen-bond donors (Lipinski definition) is 2. The number of rotatable bonds is 7. The van der Waals surface area contributed by atoms with Crippen LogP contribution in [0.3, 0.4) is 0 Å². The van der Waals surface area contributed by atoms with Crippen LogP contribution in [0.4, 0.5) is 0 Å². The van der Waals surface area contributed by atoms with Gasteiger partial charge in [-0.1, -0.05) is 11.6 Å². The zero-order valence-corrected chi connectivity index (χ0v) is 17.9. The van der Waals surface area contributed by atoms with Crippen LogP contribution < -0.4 is 10.1 Å². The summed E-state index contributed by atoms with van der Waals surface area (Å²) in [4.78, 5) is 24.2. The lowest BCUT2D eigenvalue weighted by Crippen LogP contribution is -2.62. The second-order valence-electron chi connectivity index (χ2n) is 9.93. The second-order valence-corrected chi connectivity index (χ2v) is 10.4. The fourth-order valence-corrected chi connectivity index (χ4v) is 6.40. The van der Waals surface area contributed by atoms with E-state index < -0.39 is 11.6 Å². The van der Waals surface area contributed by atoms with E-state index in [4.69, 9.17) is 21.4 Å². The maximum atomic E-state index is 13.1. The molecule has 4 aliphatic carbocycles. The van der Waals surface area contributed by atoms with E-state index in [-0.39, 0.29) is 23.8 Å². The first kappa shape index (κ1) is 20.5. The van der Waals surface area contributed by atoms with Gasteiger partial charge in [0.15, 0.2) is 5.60 Å². The zero-order chi connectivity index (χ0) is 20.8. The molecule has 1 amide bonds. The molecule has 0 heterocycles. The van der Waals surface area contributed by atoms with E-state index in [2.05, 4.69) is 5.32 Å². The van der Waals surface area contributed by atoms with Crippen LogP contribution in [0.2, 0.25) is 5.02 Å². The minimum atomic E-state index is -0.983. The summed E-state index contributed by atoms with van der Waals surface area (Å²) in [7, 11) is 0. The Morgan fingerprint density at radius 1 is 1.17 bits per heavy atom. The van der Waals surface area contributed by atoms with Crippen molar-refractivity contribution in [1.82, 2.24) is 5.32 Å². The Hall–Kier alpha value is -1.75. The van der Waals surface area contributed by atoms with E-state index in [0.717, 1.165) is 32.1 Å². The van der Waals surface area contributed by atoms with Crippen molar-refractivity contribution in [3.63, 3.8) is 0 Å². The number of ether oxygens (including phenoxy) is 1. The quantitative estimate of drug-likeness (QED) is 0.673. The number of carboxylic acids is 1. The standard InChI is InChI=1S/C23H30ClNO4/c1-22(2,29-18-5-3-17(24)4-6-18)21(28)25-20-15-9-14-10-16(20)13-23(11-14,12-15)8-7-19(26)27/h3-6,14-16,20H,7-13H2,1-2H3,(H,25,28)(H,26,27)/t14?,15-,16?,20?,23?/m0/s1. The largest absolute Gasteiger partial charge is 0.481 e. The van der Waals surface area contributed by atoms with Crippen LogP contribution in [0.1, 0.15) is 58.8 Å². The lowest BCUT2D eigenvalue weighted by molar-refractivity contribution is -0.143. The van der Waals surface area contributed by atoms with Gasteiger partial charge in [0.05, 0.1) is 0 Å². The lowest BCUT2D eigenvalue weighted by atomic mass is 9.47. The highest BCUT2D eigenvalue weighted by Gasteiger charge is 2.55. The number of benzene rings is 1. The first-order valence-corrected chi connectivity index (χ1v) is 11.0. The Kier molecular flexibility index (Phi) is 5.30. The summed E-state index contributed by atoms with van der Waals surface area (Å²) in [6, 6.07) is 7.21. The van der Waals surface area contributed by atoms with Gasteiger partial charge in [-0.2, -0.15) is 0 Å². The van der Waals surface area contributed by atoms with Gasteiger partial charge in [0.25, 0.3) is 5.91 Å². The average molecular weight is 420 g/mol. The number of amides is 1. The van der Waals surface area contributed by atoms with Gasteiger partial charge in [0.1, 0.15) is 5.75 Å². The fraction of sp³-hybridized carbons (Fsp3) is 0.652. The molecular formula is C23H30ClNO4. The van der Waals surface area contributed by atoms with Crippen LogP contribution in [-0.2, 0) is 9.59 Å². The van der Waals surface area contributed by atoms with Crippen molar-refractivity contribution < 1.29 is 19.4 Å². The van der Waals surface area contributed by atoms with Gasteiger partial charge in [0.2, 0.25) is 0 Å². The lowest BCUT2D eigenvalue weighted by Gasteiger charge is -2.60. The van der Waals surface area contributed by atoms with Gasteiger partial charge in [-0.05, 0) is 99.8 Å². The molecule has 0 radical (unpaired) electrons. The number of carbonyl (C=O) groups excluding carboxylic acids is 1. The van der Waals surface area contributed by atoms with Crippen molar-refractivity contribution >= 4 is 23.5 Å². The first-order valence-electron chi connectivity index (χ1n) is 10.6. The molecule has 6 heteroatoms. The molecule has 4 unspecified atom stereocenters. The predicted octanol–water partition coefficient (Wildman–Crippen LogP) is 4.67. The number of nitrogens with one attached hydrogen (secondary N) is 1. The summed E-state index contributed by atoms with van der Waals surface area (Å²) >= 11 is 5.93. The molecule has 4 aliphatic rings. The molecule has 0 saturated heterocycles. The molecule has 0 aliphatic heterocycles. The van der Waals surface area contributed by atoms with Crippen molar-refractivity contribution in [2.45, 2.75) is 70.4 Å². The van der Waals surface area contributed by atoms with Crippen molar-refractivity contribution in [2.24, 2.45) is 23.2 Å². The minimum absolute atomic E-state index is 0.0930. The van der Waals surface area contributed by atoms with E-state index >= 15 is 0 Å². The Labute approximate surface area is 177 Å². The molecule has 4 saturated carbocycles. The average Bonchev–Trinajstić information content (AvgIpc) is 2.64. The highest BCUT2D eigenvalue weighted by molar-refractivity contribution is 6.30. The van der Waals surface area contributed by atoms with E-state index in [9.17, 15) is 9.59 Å². The van der Waals surface area contributed by atoms with Crippen LogP contribution in [0.5, 0.6) is 5.75 Å². The van der Waals surface area contributed by atoms with Crippen molar-refractivity contribution in [3.05, 3.63) is 29.3 Å². The molecule has 29 heavy (non-hydrogen) atoms. The monoisotopic (exact) mass is 419 g/mol. The minimum Gasteiger partial charge on any atom is -0.481 e. The van der Waals surface area contributed by atoms with Gasteiger partial charge < -0.3 is 15.2 Å². The molecule has 0 spiro atoms. The summed E-state index contributed by atoms with van der Waals surface area (Å²) < 4.78 is 5.96. The van der Waals surface area contributed by atoms with Gasteiger partial charge in [-0.25, -0.2) is 0 Å². The normalized spacial score (nSPS) is 32.8. The second kappa shape index (κ2) is 7.50. The van der Waals surface area contributed by atoms with E-state index in [1.54, 1.807) is 38.1 Å². The van der Waals surface area contributed by atoms with Crippen molar-refractivity contribution in [2.75, 3.05) is 0 Å². The number of aliphatic carboxylic acids is 1. The smallest absolute Gasteiger partial charge is 0.303 e. The topological polar surface area (TPSA) is 75.6 Å². The Balaban J connectivity index is 1.41. The maximum absolute atomic E-state index is 13.1. The summed E-state index contributed by atoms with van der Waals surface area (Å²) in [5, 5.41) is 13.1. The Morgan fingerprint density at radius 3 is 2.38 bits per heavy atom. The highest BCUT2D eigenvalue weighted by atomic mass is 35.5. The number of halogens is 1. The fourth-order valence-electron chi connectivity index (χ4n) is 6.28. The Morgan fingerprint density at radius 2 is 1.79 bits per heavy atom. The molecular weight excluding hydrogens is 390 g/mol. The molecule has 0 aromatic heterocycles.